The van der Waals surface area contributed by atoms with E-state index >= 15 is 0 Å². The van der Waals surface area contributed by atoms with Gasteiger partial charge in [-0.15, -0.1) is 0 Å². The summed E-state index contributed by atoms with van der Waals surface area (Å²) in [7, 11) is 0. The molecule has 0 spiro atoms. The number of likely N-dealkylation sites (N-methyl/N-ethyl adjacent to an activating group) is 1. The van der Waals surface area contributed by atoms with E-state index in [0.717, 1.165) is 18.8 Å². The van der Waals surface area contributed by atoms with Crippen molar-refractivity contribution < 1.29 is 0 Å². The number of aromatic nitrogens is 2. The van der Waals surface area contributed by atoms with E-state index in [1.807, 2.05) is 6.20 Å². The maximum Gasteiger partial charge on any atom is 0.105 e. The first kappa shape index (κ1) is 11.2. The van der Waals surface area contributed by atoms with Crippen LogP contribution in [0.4, 0.5) is 0 Å². The van der Waals surface area contributed by atoms with Crippen molar-refractivity contribution in [3.63, 3.8) is 0 Å². The van der Waals surface area contributed by atoms with Crippen LogP contribution in [0.5, 0.6) is 0 Å². The fraction of sp³-hybridized carbons (Fsp3) is 0.727. The standard InChI is InChI=1S/C11H21N3/c1-5-11(12-6-2)9(3)14-8-7-13-10(14)4/h7-9,11-12H,5-6H2,1-4H3. The maximum atomic E-state index is 4.25. The monoisotopic (exact) mass is 195 g/mol. The largest absolute Gasteiger partial charge is 0.331 e. The summed E-state index contributed by atoms with van der Waals surface area (Å²) in [6.07, 6.45) is 5.07. The average molecular weight is 195 g/mol. The Morgan fingerprint density at radius 1 is 1.50 bits per heavy atom. The molecular weight excluding hydrogens is 174 g/mol. The molecular formula is C11H21N3. The van der Waals surface area contributed by atoms with Gasteiger partial charge < -0.3 is 9.88 Å². The van der Waals surface area contributed by atoms with Gasteiger partial charge in [0.25, 0.3) is 0 Å². The van der Waals surface area contributed by atoms with Gasteiger partial charge in [-0.05, 0) is 26.8 Å². The van der Waals surface area contributed by atoms with Gasteiger partial charge in [-0.1, -0.05) is 13.8 Å². The van der Waals surface area contributed by atoms with E-state index in [1.165, 1.54) is 0 Å². The highest BCUT2D eigenvalue weighted by Gasteiger charge is 2.16. The molecule has 0 aliphatic rings. The molecule has 14 heavy (non-hydrogen) atoms. The minimum Gasteiger partial charge on any atom is -0.331 e. The Bertz CT molecular complexity index is 267. The Balaban J connectivity index is 2.72. The van der Waals surface area contributed by atoms with Crippen LogP contribution < -0.4 is 5.32 Å². The highest BCUT2D eigenvalue weighted by atomic mass is 15.1. The molecule has 0 bridgehead atoms. The Labute approximate surface area is 86.5 Å². The van der Waals surface area contributed by atoms with Gasteiger partial charge in [-0.3, -0.25) is 0 Å². The lowest BCUT2D eigenvalue weighted by Crippen LogP contribution is -2.35. The number of rotatable bonds is 5. The average Bonchev–Trinajstić information content (AvgIpc) is 2.59. The van der Waals surface area contributed by atoms with Gasteiger partial charge in [-0.25, -0.2) is 4.98 Å². The van der Waals surface area contributed by atoms with Gasteiger partial charge in [0.2, 0.25) is 0 Å². The van der Waals surface area contributed by atoms with E-state index in [2.05, 4.69) is 48.8 Å². The molecule has 3 nitrogen and oxygen atoms in total. The molecule has 1 aromatic heterocycles. The van der Waals surface area contributed by atoms with Crippen molar-refractivity contribution in [1.29, 1.82) is 0 Å². The van der Waals surface area contributed by atoms with Gasteiger partial charge in [0.05, 0.1) is 0 Å². The zero-order valence-corrected chi connectivity index (χ0v) is 9.62. The van der Waals surface area contributed by atoms with Crippen molar-refractivity contribution in [3.05, 3.63) is 18.2 Å². The van der Waals surface area contributed by atoms with E-state index < -0.39 is 0 Å². The Morgan fingerprint density at radius 3 is 2.64 bits per heavy atom. The molecule has 1 rings (SSSR count). The lowest BCUT2D eigenvalue weighted by atomic mass is 10.1. The van der Waals surface area contributed by atoms with Gasteiger partial charge >= 0.3 is 0 Å². The van der Waals surface area contributed by atoms with Crippen molar-refractivity contribution in [2.24, 2.45) is 0 Å². The van der Waals surface area contributed by atoms with Crippen LogP contribution >= 0.6 is 0 Å². The summed E-state index contributed by atoms with van der Waals surface area (Å²) in [5, 5.41) is 3.50. The number of aryl methyl sites for hydroxylation is 1. The Morgan fingerprint density at radius 2 is 2.21 bits per heavy atom. The fourth-order valence-corrected chi connectivity index (χ4v) is 1.93. The third kappa shape index (κ3) is 2.35. The van der Waals surface area contributed by atoms with Gasteiger partial charge in [0, 0.05) is 24.5 Å². The summed E-state index contributed by atoms with van der Waals surface area (Å²) in [5.41, 5.74) is 0. The fourth-order valence-electron chi connectivity index (χ4n) is 1.93. The predicted molar refractivity (Wildman–Crippen MR) is 59.4 cm³/mol. The molecule has 0 aliphatic heterocycles. The van der Waals surface area contributed by atoms with Crippen LogP contribution in [0, 0.1) is 6.92 Å². The number of nitrogens with zero attached hydrogens (tertiary/aromatic N) is 2. The molecule has 0 saturated carbocycles. The first-order chi connectivity index (χ1) is 6.70. The number of hydrogen-bond donors (Lipinski definition) is 1. The highest BCUT2D eigenvalue weighted by Crippen LogP contribution is 2.15. The molecule has 0 amide bonds. The highest BCUT2D eigenvalue weighted by molar-refractivity contribution is 4.94. The van der Waals surface area contributed by atoms with Crippen LogP contribution in [0.2, 0.25) is 0 Å². The van der Waals surface area contributed by atoms with E-state index in [0.29, 0.717) is 12.1 Å². The number of nitrogens with one attached hydrogen (secondary N) is 1. The molecule has 1 N–H and O–H groups in total. The molecule has 0 aromatic carbocycles. The molecule has 2 unspecified atom stereocenters. The molecule has 3 heteroatoms. The van der Waals surface area contributed by atoms with Gasteiger partial charge in [-0.2, -0.15) is 0 Å². The van der Waals surface area contributed by atoms with E-state index in [9.17, 15) is 0 Å². The number of imidazole rings is 1. The molecule has 0 radical (unpaired) electrons. The third-order valence-corrected chi connectivity index (χ3v) is 2.79. The SMILES string of the molecule is CCNC(CC)C(C)n1ccnc1C. The lowest BCUT2D eigenvalue weighted by molar-refractivity contribution is 0.362. The smallest absolute Gasteiger partial charge is 0.105 e. The van der Waals surface area contributed by atoms with Gasteiger partial charge in [0.15, 0.2) is 0 Å². The molecule has 0 fully saturated rings. The summed E-state index contributed by atoms with van der Waals surface area (Å²) in [6.45, 7) is 9.68. The minimum atomic E-state index is 0.474. The normalized spacial score (nSPS) is 15.4. The molecule has 2 atom stereocenters. The van der Waals surface area contributed by atoms with Crippen molar-refractivity contribution in [1.82, 2.24) is 14.9 Å². The van der Waals surface area contributed by atoms with Crippen molar-refractivity contribution >= 4 is 0 Å². The first-order valence-corrected chi connectivity index (χ1v) is 5.43. The number of hydrogen-bond acceptors (Lipinski definition) is 2. The van der Waals surface area contributed by atoms with Crippen LogP contribution in [0.15, 0.2) is 12.4 Å². The third-order valence-electron chi connectivity index (χ3n) is 2.79. The summed E-state index contributed by atoms with van der Waals surface area (Å²) < 4.78 is 2.23. The van der Waals surface area contributed by atoms with Crippen molar-refractivity contribution in [3.8, 4) is 0 Å². The topological polar surface area (TPSA) is 29.9 Å². The second-order valence-corrected chi connectivity index (χ2v) is 3.69. The maximum absolute atomic E-state index is 4.25. The minimum absolute atomic E-state index is 0.474. The summed E-state index contributed by atoms with van der Waals surface area (Å²) in [5.74, 6) is 1.09. The Kier molecular flexibility index (Phi) is 4.14. The van der Waals surface area contributed by atoms with Crippen LogP contribution in [-0.4, -0.2) is 22.1 Å². The van der Waals surface area contributed by atoms with E-state index in [4.69, 9.17) is 0 Å². The summed E-state index contributed by atoms with van der Waals surface area (Å²) in [4.78, 5) is 4.25. The summed E-state index contributed by atoms with van der Waals surface area (Å²) in [6, 6.07) is 1.01. The summed E-state index contributed by atoms with van der Waals surface area (Å²) >= 11 is 0. The van der Waals surface area contributed by atoms with E-state index in [-0.39, 0.29) is 0 Å². The zero-order chi connectivity index (χ0) is 10.6. The quantitative estimate of drug-likeness (QED) is 0.780. The van der Waals surface area contributed by atoms with Crippen LogP contribution in [0.3, 0.4) is 0 Å². The van der Waals surface area contributed by atoms with Crippen LogP contribution in [0.1, 0.15) is 39.1 Å². The Hall–Kier alpha value is -0.830. The zero-order valence-electron chi connectivity index (χ0n) is 9.62. The molecule has 80 valence electrons. The van der Waals surface area contributed by atoms with Crippen molar-refractivity contribution in [2.75, 3.05) is 6.54 Å². The van der Waals surface area contributed by atoms with Crippen molar-refractivity contribution in [2.45, 2.75) is 46.2 Å². The second-order valence-electron chi connectivity index (χ2n) is 3.69. The second kappa shape index (κ2) is 5.15. The van der Waals surface area contributed by atoms with E-state index in [1.54, 1.807) is 0 Å². The lowest BCUT2D eigenvalue weighted by Gasteiger charge is -2.25. The molecule has 1 aromatic rings. The molecule has 0 saturated heterocycles. The molecule has 0 aliphatic carbocycles. The molecule has 1 heterocycles. The predicted octanol–water partition coefficient (Wildman–Crippen LogP) is 2.14. The van der Waals surface area contributed by atoms with Crippen LogP contribution in [-0.2, 0) is 0 Å². The first-order valence-electron chi connectivity index (χ1n) is 5.43. The van der Waals surface area contributed by atoms with Crippen LogP contribution in [0.25, 0.3) is 0 Å². The van der Waals surface area contributed by atoms with Gasteiger partial charge in [0.1, 0.15) is 5.82 Å².